The lowest BCUT2D eigenvalue weighted by atomic mass is 9.94. The van der Waals surface area contributed by atoms with Crippen LogP contribution in [0.2, 0.25) is 0 Å². The van der Waals surface area contributed by atoms with Crippen molar-refractivity contribution < 1.29 is 14.7 Å². The first-order chi connectivity index (χ1) is 8.13. The zero-order chi connectivity index (χ0) is 12.7. The number of rotatable bonds is 3. The monoisotopic (exact) mass is 238 g/mol. The number of piperidine rings is 1. The molecule has 1 aliphatic heterocycles. The number of urea groups is 1. The summed E-state index contributed by atoms with van der Waals surface area (Å²) in [5.74, 6) is 4.92. The van der Waals surface area contributed by atoms with Crippen LogP contribution in [0.25, 0.3) is 0 Å². The number of hydrogen-bond donors (Lipinski definition) is 2. The Balaban J connectivity index is 2.27. The number of hydrogen-bond acceptors (Lipinski definition) is 2. The molecule has 0 unspecified atom stereocenters. The minimum absolute atomic E-state index is 0.110. The number of likely N-dealkylation sites (tertiary alicyclic amines) is 1. The Morgan fingerprint density at radius 2 is 2.06 bits per heavy atom. The topological polar surface area (TPSA) is 69.6 Å². The van der Waals surface area contributed by atoms with Crippen molar-refractivity contribution in [1.82, 2.24) is 10.2 Å². The fourth-order valence-corrected chi connectivity index (χ4v) is 1.91. The first kappa shape index (κ1) is 13.4. The summed E-state index contributed by atoms with van der Waals surface area (Å²) in [6, 6.07) is -0.110. The Kier molecular flexibility index (Phi) is 5.34. The summed E-state index contributed by atoms with van der Waals surface area (Å²) in [5, 5.41) is 11.4. The Bertz CT molecular complexity index is 335. The van der Waals surface area contributed by atoms with Gasteiger partial charge in [-0.15, -0.1) is 5.92 Å². The molecule has 1 fully saturated rings. The predicted octanol–water partition coefficient (Wildman–Crippen LogP) is 0.906. The number of carboxylic acid groups (broad SMARTS) is 1. The van der Waals surface area contributed by atoms with Gasteiger partial charge in [0.05, 0.1) is 6.54 Å². The quantitative estimate of drug-likeness (QED) is 0.718. The maximum Gasteiger partial charge on any atom is 0.318 e. The molecule has 0 bridgehead atoms. The first-order valence-corrected chi connectivity index (χ1v) is 5.77. The highest BCUT2D eigenvalue weighted by Gasteiger charge is 2.23. The molecule has 5 heteroatoms. The lowest BCUT2D eigenvalue weighted by Crippen LogP contribution is -2.44. The van der Waals surface area contributed by atoms with Gasteiger partial charge in [-0.1, -0.05) is 5.92 Å². The minimum Gasteiger partial charge on any atom is -0.481 e. The second-order valence-corrected chi connectivity index (χ2v) is 4.11. The van der Waals surface area contributed by atoms with Gasteiger partial charge in [0.2, 0.25) is 0 Å². The first-order valence-electron chi connectivity index (χ1n) is 5.77. The molecule has 2 amide bonds. The minimum atomic E-state index is -0.758. The van der Waals surface area contributed by atoms with E-state index in [9.17, 15) is 9.59 Å². The molecule has 94 valence electrons. The summed E-state index contributed by atoms with van der Waals surface area (Å²) >= 11 is 0. The van der Waals surface area contributed by atoms with Crippen LogP contribution in [0.3, 0.4) is 0 Å². The van der Waals surface area contributed by atoms with Gasteiger partial charge < -0.3 is 15.3 Å². The molecule has 0 atom stereocenters. The van der Waals surface area contributed by atoms with Crippen LogP contribution in [-0.4, -0.2) is 41.6 Å². The van der Waals surface area contributed by atoms with Gasteiger partial charge in [0.25, 0.3) is 0 Å². The van der Waals surface area contributed by atoms with Crippen LogP contribution in [0.1, 0.15) is 26.2 Å². The smallest absolute Gasteiger partial charge is 0.318 e. The van der Waals surface area contributed by atoms with Crippen LogP contribution in [0, 0.1) is 17.8 Å². The average Bonchev–Trinajstić information content (AvgIpc) is 2.29. The largest absolute Gasteiger partial charge is 0.481 e. The van der Waals surface area contributed by atoms with Gasteiger partial charge in [0.1, 0.15) is 0 Å². The molecule has 0 radical (unpaired) electrons. The van der Waals surface area contributed by atoms with E-state index in [2.05, 4.69) is 17.2 Å². The van der Waals surface area contributed by atoms with Crippen molar-refractivity contribution in [3.05, 3.63) is 0 Å². The molecule has 0 aliphatic carbocycles. The predicted molar refractivity (Wildman–Crippen MR) is 63.4 cm³/mol. The highest BCUT2D eigenvalue weighted by molar-refractivity contribution is 5.74. The van der Waals surface area contributed by atoms with Crippen LogP contribution in [0.4, 0.5) is 4.79 Å². The van der Waals surface area contributed by atoms with Gasteiger partial charge in [-0.2, -0.15) is 0 Å². The third-order valence-electron chi connectivity index (χ3n) is 2.87. The van der Waals surface area contributed by atoms with Crippen LogP contribution in [0.5, 0.6) is 0 Å². The molecule has 0 aromatic heterocycles. The third-order valence-corrected chi connectivity index (χ3v) is 2.87. The number of carboxylic acids is 1. The van der Waals surface area contributed by atoms with E-state index in [0.29, 0.717) is 19.6 Å². The summed E-state index contributed by atoms with van der Waals surface area (Å²) in [4.78, 5) is 23.9. The van der Waals surface area contributed by atoms with Crippen LogP contribution >= 0.6 is 0 Å². The lowest BCUT2D eigenvalue weighted by Gasteiger charge is -2.31. The fraction of sp³-hybridized carbons (Fsp3) is 0.667. The zero-order valence-electron chi connectivity index (χ0n) is 10.0. The van der Waals surface area contributed by atoms with Gasteiger partial charge in [-0.25, -0.2) is 4.79 Å². The molecule has 2 N–H and O–H groups in total. The maximum atomic E-state index is 11.6. The van der Waals surface area contributed by atoms with Crippen molar-refractivity contribution >= 4 is 12.0 Å². The SMILES string of the molecule is CC#CCNC(=O)N1CCC(CC(=O)O)CC1. The van der Waals surface area contributed by atoms with Gasteiger partial charge in [0.15, 0.2) is 0 Å². The average molecular weight is 238 g/mol. The number of carbonyl (C=O) groups is 2. The van der Waals surface area contributed by atoms with E-state index in [-0.39, 0.29) is 18.4 Å². The Morgan fingerprint density at radius 1 is 1.41 bits per heavy atom. The molecule has 1 rings (SSSR count). The molecule has 5 nitrogen and oxygen atoms in total. The van der Waals surface area contributed by atoms with Crippen LogP contribution < -0.4 is 5.32 Å². The van der Waals surface area contributed by atoms with Gasteiger partial charge in [-0.05, 0) is 25.7 Å². The summed E-state index contributed by atoms with van der Waals surface area (Å²) in [5.41, 5.74) is 0. The second-order valence-electron chi connectivity index (χ2n) is 4.11. The van der Waals surface area contributed by atoms with Crippen molar-refractivity contribution in [2.45, 2.75) is 26.2 Å². The summed E-state index contributed by atoms with van der Waals surface area (Å²) in [7, 11) is 0. The van der Waals surface area contributed by atoms with E-state index in [4.69, 9.17) is 5.11 Å². The molecule has 1 saturated heterocycles. The highest BCUT2D eigenvalue weighted by atomic mass is 16.4. The van der Waals surface area contributed by atoms with E-state index >= 15 is 0 Å². The van der Waals surface area contributed by atoms with Crippen molar-refractivity contribution in [3.63, 3.8) is 0 Å². The van der Waals surface area contributed by atoms with Crippen molar-refractivity contribution in [2.24, 2.45) is 5.92 Å². The number of aliphatic carboxylic acids is 1. The van der Waals surface area contributed by atoms with Crippen molar-refractivity contribution in [1.29, 1.82) is 0 Å². The number of amides is 2. The summed E-state index contributed by atoms with van der Waals surface area (Å²) < 4.78 is 0. The Labute approximate surface area is 101 Å². The number of carbonyl (C=O) groups excluding carboxylic acids is 1. The van der Waals surface area contributed by atoms with E-state index in [0.717, 1.165) is 12.8 Å². The van der Waals surface area contributed by atoms with E-state index in [1.165, 1.54) is 0 Å². The molecule has 0 aromatic rings. The van der Waals surface area contributed by atoms with Crippen molar-refractivity contribution in [3.8, 4) is 11.8 Å². The maximum absolute atomic E-state index is 11.6. The number of nitrogens with zero attached hydrogens (tertiary/aromatic N) is 1. The Morgan fingerprint density at radius 3 is 2.59 bits per heavy atom. The highest BCUT2D eigenvalue weighted by Crippen LogP contribution is 2.20. The van der Waals surface area contributed by atoms with Crippen LogP contribution in [-0.2, 0) is 4.79 Å². The third kappa shape index (κ3) is 4.77. The van der Waals surface area contributed by atoms with E-state index in [1.807, 2.05) is 0 Å². The van der Waals surface area contributed by atoms with Crippen LogP contribution in [0.15, 0.2) is 0 Å². The second kappa shape index (κ2) is 6.79. The van der Waals surface area contributed by atoms with Gasteiger partial charge >= 0.3 is 12.0 Å². The van der Waals surface area contributed by atoms with Crippen molar-refractivity contribution in [2.75, 3.05) is 19.6 Å². The van der Waals surface area contributed by atoms with Gasteiger partial charge in [0, 0.05) is 19.5 Å². The molecule has 17 heavy (non-hydrogen) atoms. The zero-order valence-corrected chi connectivity index (χ0v) is 10.0. The number of nitrogens with one attached hydrogen (secondary N) is 1. The Hall–Kier alpha value is -1.70. The van der Waals surface area contributed by atoms with E-state index < -0.39 is 5.97 Å². The summed E-state index contributed by atoms with van der Waals surface area (Å²) in [6.07, 6.45) is 1.73. The van der Waals surface area contributed by atoms with E-state index in [1.54, 1.807) is 11.8 Å². The van der Waals surface area contributed by atoms with Gasteiger partial charge in [-0.3, -0.25) is 4.79 Å². The summed E-state index contributed by atoms with van der Waals surface area (Å²) in [6.45, 7) is 3.35. The molecule has 0 spiro atoms. The molecular weight excluding hydrogens is 220 g/mol. The fourth-order valence-electron chi connectivity index (χ4n) is 1.91. The molecule has 1 heterocycles. The molecular formula is C12H18N2O3. The molecule has 0 saturated carbocycles. The standard InChI is InChI=1S/C12H18N2O3/c1-2-3-6-13-12(17)14-7-4-10(5-8-14)9-11(15)16/h10H,4-9H2,1H3,(H,13,17)(H,15,16). The lowest BCUT2D eigenvalue weighted by molar-refractivity contribution is -0.138. The molecule has 1 aliphatic rings. The molecule has 0 aromatic carbocycles. The normalized spacial score (nSPS) is 15.9.